The van der Waals surface area contributed by atoms with Crippen molar-refractivity contribution >= 4 is 34.4 Å². The first-order valence-corrected chi connectivity index (χ1v) is 12.7. The maximum Gasteiger partial charge on any atom is 0.303 e. The molecule has 5 unspecified atom stereocenters. The lowest BCUT2D eigenvalue weighted by molar-refractivity contribution is -0.149. The molecular weight excluding hydrogens is 412 g/mol. The fraction of sp³-hybridized carbons (Fsp3) is 0.760. The maximum absolute atomic E-state index is 12.9. The van der Waals surface area contributed by atoms with Crippen LogP contribution >= 0.6 is 11.8 Å². The van der Waals surface area contributed by atoms with E-state index in [0.29, 0.717) is 24.2 Å². The third kappa shape index (κ3) is 3.94. The Labute approximate surface area is 189 Å². The van der Waals surface area contributed by atoms with Gasteiger partial charge in [-0.15, -0.1) is 0 Å². The first-order chi connectivity index (χ1) is 14.7. The first-order valence-electron chi connectivity index (χ1n) is 11.7. The predicted molar refractivity (Wildman–Crippen MR) is 119 cm³/mol. The molecule has 0 heterocycles. The van der Waals surface area contributed by atoms with Crippen LogP contribution in [0.5, 0.6) is 0 Å². The lowest BCUT2D eigenvalue weighted by Gasteiger charge is -2.59. The van der Waals surface area contributed by atoms with E-state index in [1.807, 2.05) is 6.08 Å². The van der Waals surface area contributed by atoms with Gasteiger partial charge in [0.15, 0.2) is 16.7 Å². The van der Waals surface area contributed by atoms with E-state index in [1.165, 1.54) is 24.3 Å². The number of esters is 1. The summed E-state index contributed by atoms with van der Waals surface area (Å²) in [5.41, 5.74) is 1.19. The summed E-state index contributed by atoms with van der Waals surface area (Å²) in [7, 11) is 0. The molecule has 0 bridgehead atoms. The van der Waals surface area contributed by atoms with Gasteiger partial charge in [0.2, 0.25) is 0 Å². The van der Waals surface area contributed by atoms with Gasteiger partial charge in [-0.1, -0.05) is 24.3 Å². The number of ketones is 2. The van der Waals surface area contributed by atoms with Gasteiger partial charge in [-0.2, -0.15) is 0 Å². The number of ether oxygens (including phenoxy) is 1. The largest absolute Gasteiger partial charge is 0.458 e. The first kappa shape index (κ1) is 22.8. The molecule has 3 fully saturated rings. The molecule has 0 aromatic heterocycles. The molecule has 6 heteroatoms. The normalized spacial score (nSPS) is 39.1. The van der Waals surface area contributed by atoms with Crippen molar-refractivity contribution in [2.45, 2.75) is 72.1 Å². The van der Waals surface area contributed by atoms with Crippen molar-refractivity contribution in [1.82, 2.24) is 0 Å². The molecule has 0 aliphatic heterocycles. The van der Waals surface area contributed by atoms with Gasteiger partial charge in [0.25, 0.3) is 0 Å². The van der Waals surface area contributed by atoms with Crippen LogP contribution in [0.2, 0.25) is 0 Å². The minimum Gasteiger partial charge on any atom is -0.458 e. The van der Waals surface area contributed by atoms with Gasteiger partial charge < -0.3 is 4.74 Å². The van der Waals surface area contributed by atoms with Crippen LogP contribution in [0.15, 0.2) is 11.6 Å². The van der Waals surface area contributed by atoms with Gasteiger partial charge in [-0.25, -0.2) is 0 Å². The van der Waals surface area contributed by atoms with Crippen LogP contribution in [0.4, 0.5) is 0 Å². The standard InChI is InChI=1S/C25H34O5S/c1-15(26)30-13-23(29)22-7-6-20-19-5-4-17-12-18(28)8-11-25(17,14-31-16(2)27)21(19)9-10-24(20,22)3/h12,19-22H,4-11,13-14H2,1-3H3/t19?,20?,21?,22?,24-,25?/m0/s1. The van der Waals surface area contributed by atoms with Gasteiger partial charge in [-0.05, 0) is 74.2 Å². The maximum atomic E-state index is 12.9. The van der Waals surface area contributed by atoms with Crippen LogP contribution in [0.25, 0.3) is 0 Å². The van der Waals surface area contributed by atoms with E-state index in [9.17, 15) is 19.2 Å². The molecule has 3 saturated carbocycles. The average molecular weight is 447 g/mol. The number of fused-ring (bicyclic) bond motifs is 5. The highest BCUT2D eigenvalue weighted by atomic mass is 32.2. The van der Waals surface area contributed by atoms with E-state index in [0.717, 1.165) is 50.7 Å². The molecule has 0 radical (unpaired) electrons. The van der Waals surface area contributed by atoms with E-state index in [4.69, 9.17) is 4.74 Å². The number of carbonyl (C=O) groups is 4. The third-order valence-corrected chi connectivity index (χ3v) is 10.1. The summed E-state index contributed by atoms with van der Waals surface area (Å²) in [6.45, 7) is 5.15. The average Bonchev–Trinajstić information content (AvgIpc) is 3.07. The highest BCUT2D eigenvalue weighted by Crippen LogP contribution is 2.67. The Hall–Kier alpha value is -1.43. The van der Waals surface area contributed by atoms with Crippen molar-refractivity contribution in [3.05, 3.63) is 11.6 Å². The second-order valence-corrected chi connectivity index (χ2v) is 11.6. The zero-order valence-electron chi connectivity index (χ0n) is 18.9. The van der Waals surface area contributed by atoms with Crippen LogP contribution in [-0.2, 0) is 23.9 Å². The van der Waals surface area contributed by atoms with Crippen LogP contribution < -0.4 is 0 Å². The van der Waals surface area contributed by atoms with Crippen molar-refractivity contribution in [2.24, 2.45) is 34.5 Å². The molecule has 0 aromatic rings. The van der Waals surface area contributed by atoms with Gasteiger partial charge in [0, 0.05) is 37.4 Å². The SMILES string of the molecule is CC(=O)OCC(=O)C1CCC2C3CCC4=CC(=O)CCC4(CSC(C)=O)C3CC[C@]12C. The summed E-state index contributed by atoms with van der Waals surface area (Å²) in [5, 5.41) is 0.144. The smallest absolute Gasteiger partial charge is 0.303 e. The zero-order valence-corrected chi connectivity index (χ0v) is 19.7. The van der Waals surface area contributed by atoms with Crippen LogP contribution in [0.3, 0.4) is 0 Å². The summed E-state index contributed by atoms with van der Waals surface area (Å²) in [6, 6.07) is 0. The molecule has 0 spiro atoms. The van der Waals surface area contributed by atoms with Gasteiger partial charge in [0.05, 0.1) is 0 Å². The minimum atomic E-state index is -0.403. The molecule has 4 rings (SSSR count). The van der Waals surface area contributed by atoms with E-state index < -0.39 is 5.97 Å². The Bertz CT molecular complexity index is 832. The molecule has 5 nitrogen and oxygen atoms in total. The summed E-state index contributed by atoms with van der Waals surface area (Å²) >= 11 is 1.42. The lowest BCUT2D eigenvalue weighted by Crippen LogP contribution is -2.53. The predicted octanol–water partition coefficient (Wildman–Crippen LogP) is 4.53. The van der Waals surface area contributed by atoms with Crippen molar-refractivity contribution in [3.8, 4) is 0 Å². The molecule has 6 atom stereocenters. The van der Waals surface area contributed by atoms with E-state index in [2.05, 4.69) is 6.92 Å². The summed E-state index contributed by atoms with van der Waals surface area (Å²) in [4.78, 5) is 48.1. The Morgan fingerprint density at radius 3 is 2.55 bits per heavy atom. The number of Topliss-reactive ketones (excluding diaryl/α,β-unsaturated/α-hetero) is 1. The van der Waals surface area contributed by atoms with Crippen molar-refractivity contribution in [1.29, 1.82) is 0 Å². The molecule has 31 heavy (non-hydrogen) atoms. The Balaban J connectivity index is 1.59. The number of allylic oxidation sites excluding steroid dienone is 1. The molecule has 0 N–H and O–H groups in total. The van der Waals surface area contributed by atoms with Gasteiger partial charge in [-0.3, -0.25) is 19.2 Å². The monoisotopic (exact) mass is 446 g/mol. The van der Waals surface area contributed by atoms with Crippen molar-refractivity contribution in [3.63, 3.8) is 0 Å². The summed E-state index contributed by atoms with van der Waals surface area (Å²) in [6.07, 6.45) is 9.29. The van der Waals surface area contributed by atoms with Gasteiger partial charge in [0.1, 0.15) is 6.61 Å². The van der Waals surface area contributed by atoms with Crippen LogP contribution in [0.1, 0.15) is 72.1 Å². The second-order valence-electron chi connectivity index (χ2n) is 10.4. The van der Waals surface area contributed by atoms with Gasteiger partial charge >= 0.3 is 5.97 Å². The lowest BCUT2D eigenvalue weighted by atomic mass is 9.46. The Morgan fingerprint density at radius 2 is 1.84 bits per heavy atom. The molecular formula is C25H34O5S. The van der Waals surface area contributed by atoms with Crippen LogP contribution in [0, 0.1) is 34.5 Å². The highest BCUT2D eigenvalue weighted by Gasteiger charge is 2.61. The number of thioether (sulfide) groups is 1. The number of hydrogen-bond acceptors (Lipinski definition) is 6. The number of carbonyl (C=O) groups excluding carboxylic acids is 4. The molecule has 4 aliphatic rings. The van der Waals surface area contributed by atoms with E-state index >= 15 is 0 Å². The fourth-order valence-electron chi connectivity index (χ4n) is 7.66. The number of rotatable bonds is 5. The molecule has 0 amide bonds. The minimum absolute atomic E-state index is 0.0368. The van der Waals surface area contributed by atoms with Crippen molar-refractivity contribution in [2.75, 3.05) is 12.4 Å². The molecule has 4 aliphatic carbocycles. The van der Waals surface area contributed by atoms with E-state index in [1.54, 1.807) is 6.92 Å². The summed E-state index contributed by atoms with van der Waals surface area (Å²) in [5.74, 6) is 2.13. The molecule has 170 valence electrons. The van der Waals surface area contributed by atoms with Crippen molar-refractivity contribution < 1.29 is 23.9 Å². The summed E-state index contributed by atoms with van der Waals surface area (Å²) < 4.78 is 5.04. The fourth-order valence-corrected chi connectivity index (χ4v) is 8.67. The quantitative estimate of drug-likeness (QED) is 0.578. The second kappa shape index (κ2) is 8.49. The third-order valence-electron chi connectivity index (χ3n) is 9.03. The zero-order chi connectivity index (χ0) is 22.4. The molecule has 0 aromatic carbocycles. The molecule has 0 saturated heterocycles. The number of hydrogen-bond donors (Lipinski definition) is 0. The van der Waals surface area contributed by atoms with E-state index in [-0.39, 0.29) is 40.0 Å². The Morgan fingerprint density at radius 1 is 1.06 bits per heavy atom. The highest BCUT2D eigenvalue weighted by molar-refractivity contribution is 8.13. The Kier molecular flexibility index (Phi) is 6.23. The van der Waals surface area contributed by atoms with Crippen LogP contribution in [-0.4, -0.2) is 35.0 Å². The topological polar surface area (TPSA) is 77.5 Å².